The van der Waals surface area contributed by atoms with Gasteiger partial charge in [-0.05, 0) is 58.2 Å². The van der Waals surface area contributed by atoms with E-state index in [1.54, 1.807) is 30.3 Å². The van der Waals surface area contributed by atoms with Gasteiger partial charge in [-0.1, -0.05) is 45.9 Å². The number of carbonyl (C=O) groups is 3. The lowest BCUT2D eigenvalue weighted by Crippen LogP contribution is -2.44. The summed E-state index contributed by atoms with van der Waals surface area (Å²) >= 11 is 7.84. The summed E-state index contributed by atoms with van der Waals surface area (Å²) in [6.45, 7) is 1.94. The van der Waals surface area contributed by atoms with Gasteiger partial charge in [0.15, 0.2) is 0 Å². The number of allylic oxidation sites excluding steroid dienone is 1. The minimum absolute atomic E-state index is 0.0464. The molecule has 1 heterocycles. The zero-order chi connectivity index (χ0) is 24.1. The van der Waals surface area contributed by atoms with Crippen LogP contribution in [0.15, 0.2) is 62.0 Å². The van der Waals surface area contributed by atoms with Crippen molar-refractivity contribution in [1.82, 2.24) is 5.32 Å². The standard InChI is InChI=1S/C23H19Br2N3O4S/c1-12-6-7-17(16(25)8-12)27-18(29)11-33-22-15(10-26)19(13-4-3-5-14(24)9-13)20(21(30)28-22)23(31)32-2/h3-9,19-20H,11H2,1-2H3,(H,27,29)(H,28,30)/t19-,20+/m1/s1. The van der Waals surface area contributed by atoms with Gasteiger partial charge in [-0.3, -0.25) is 14.4 Å². The molecule has 2 aromatic rings. The van der Waals surface area contributed by atoms with E-state index in [1.807, 2.05) is 19.1 Å². The number of nitriles is 1. The number of anilines is 1. The maximum atomic E-state index is 12.9. The summed E-state index contributed by atoms with van der Waals surface area (Å²) in [4.78, 5) is 37.8. The summed E-state index contributed by atoms with van der Waals surface area (Å²) in [7, 11) is 1.20. The first-order valence-corrected chi connectivity index (χ1v) is 12.3. The second kappa shape index (κ2) is 11.0. The number of hydrogen-bond donors (Lipinski definition) is 2. The third-order valence-corrected chi connectivity index (χ3v) is 7.10. The summed E-state index contributed by atoms with van der Waals surface area (Å²) in [5.41, 5.74) is 2.46. The number of rotatable bonds is 6. The average molecular weight is 593 g/mol. The fraction of sp³-hybridized carbons (Fsp3) is 0.217. The molecule has 0 unspecified atom stereocenters. The number of esters is 1. The molecule has 0 fully saturated rings. The highest BCUT2D eigenvalue weighted by molar-refractivity contribution is 9.10. The van der Waals surface area contributed by atoms with Crippen molar-refractivity contribution in [3.63, 3.8) is 0 Å². The van der Waals surface area contributed by atoms with Crippen LogP contribution in [0.2, 0.25) is 0 Å². The molecule has 1 aliphatic rings. The van der Waals surface area contributed by atoms with E-state index in [0.29, 0.717) is 11.3 Å². The van der Waals surface area contributed by atoms with E-state index in [4.69, 9.17) is 4.74 Å². The molecule has 0 aliphatic carbocycles. The molecule has 0 aromatic heterocycles. The SMILES string of the molecule is COC(=O)[C@@H]1C(=O)NC(SCC(=O)Nc2ccc(C)cc2Br)=C(C#N)[C@H]1c1cccc(Br)c1. The number of nitrogens with one attached hydrogen (secondary N) is 2. The Kier molecular flexibility index (Phi) is 8.35. The Hall–Kier alpha value is -2.61. The van der Waals surface area contributed by atoms with Crippen molar-refractivity contribution in [3.8, 4) is 6.07 Å². The highest BCUT2D eigenvalue weighted by Gasteiger charge is 2.44. The molecule has 33 heavy (non-hydrogen) atoms. The summed E-state index contributed by atoms with van der Waals surface area (Å²) in [5.74, 6) is -3.75. The van der Waals surface area contributed by atoms with Gasteiger partial charge < -0.3 is 15.4 Å². The Morgan fingerprint density at radius 1 is 1.24 bits per heavy atom. The minimum atomic E-state index is -1.22. The van der Waals surface area contributed by atoms with Crippen LogP contribution in [-0.4, -0.2) is 30.6 Å². The molecule has 170 valence electrons. The Morgan fingerprint density at radius 3 is 2.64 bits per heavy atom. The lowest BCUT2D eigenvalue weighted by atomic mass is 9.78. The smallest absolute Gasteiger partial charge is 0.319 e. The average Bonchev–Trinajstić information content (AvgIpc) is 2.78. The van der Waals surface area contributed by atoms with Gasteiger partial charge in [-0.15, -0.1) is 0 Å². The number of thioether (sulfide) groups is 1. The van der Waals surface area contributed by atoms with Crippen LogP contribution in [-0.2, 0) is 19.1 Å². The third-order valence-electron chi connectivity index (χ3n) is 4.94. The lowest BCUT2D eigenvalue weighted by molar-refractivity contribution is -0.150. The fourth-order valence-electron chi connectivity index (χ4n) is 3.43. The number of ether oxygens (including phenoxy) is 1. The first-order chi connectivity index (χ1) is 15.7. The predicted molar refractivity (Wildman–Crippen MR) is 133 cm³/mol. The molecular weight excluding hydrogens is 574 g/mol. The van der Waals surface area contributed by atoms with Gasteiger partial charge in [0.25, 0.3) is 0 Å². The Labute approximate surface area is 212 Å². The maximum absolute atomic E-state index is 12.9. The van der Waals surface area contributed by atoms with Gasteiger partial charge in [0.1, 0.15) is 5.92 Å². The first kappa shape index (κ1) is 25.0. The highest BCUT2D eigenvalue weighted by Crippen LogP contribution is 2.40. The largest absolute Gasteiger partial charge is 0.468 e. The first-order valence-electron chi connectivity index (χ1n) is 9.72. The van der Waals surface area contributed by atoms with Gasteiger partial charge >= 0.3 is 5.97 Å². The lowest BCUT2D eigenvalue weighted by Gasteiger charge is -2.31. The molecule has 0 saturated heterocycles. The van der Waals surface area contributed by atoms with E-state index < -0.39 is 23.7 Å². The van der Waals surface area contributed by atoms with Gasteiger partial charge in [0.2, 0.25) is 11.8 Å². The normalized spacial score (nSPS) is 17.7. The van der Waals surface area contributed by atoms with E-state index in [-0.39, 0.29) is 22.3 Å². The van der Waals surface area contributed by atoms with Crippen LogP contribution >= 0.6 is 43.6 Å². The van der Waals surface area contributed by atoms with Crippen molar-refractivity contribution < 1.29 is 19.1 Å². The maximum Gasteiger partial charge on any atom is 0.319 e. The summed E-state index contributed by atoms with van der Waals surface area (Å²) in [5, 5.41) is 15.6. The van der Waals surface area contributed by atoms with Gasteiger partial charge in [0, 0.05) is 14.9 Å². The van der Waals surface area contributed by atoms with Crippen LogP contribution in [0.4, 0.5) is 5.69 Å². The molecule has 0 spiro atoms. The van der Waals surface area contributed by atoms with E-state index in [0.717, 1.165) is 26.3 Å². The molecule has 3 rings (SSSR count). The monoisotopic (exact) mass is 591 g/mol. The highest BCUT2D eigenvalue weighted by atomic mass is 79.9. The van der Waals surface area contributed by atoms with Crippen LogP contribution in [0.25, 0.3) is 0 Å². The molecule has 1 aliphatic heterocycles. The molecule has 7 nitrogen and oxygen atoms in total. The molecule has 2 aromatic carbocycles. The van der Waals surface area contributed by atoms with Crippen molar-refractivity contribution in [2.45, 2.75) is 12.8 Å². The number of carbonyl (C=O) groups excluding carboxylic acids is 3. The number of aryl methyl sites for hydroxylation is 1. The van der Waals surface area contributed by atoms with Crippen LogP contribution in [0.1, 0.15) is 17.0 Å². The van der Waals surface area contributed by atoms with Crippen molar-refractivity contribution >= 4 is 67.1 Å². The number of amides is 2. The molecule has 2 N–H and O–H groups in total. The summed E-state index contributed by atoms with van der Waals surface area (Å²) in [6.07, 6.45) is 0. The number of halogens is 2. The zero-order valence-corrected chi connectivity index (χ0v) is 21.6. The fourth-order valence-corrected chi connectivity index (χ4v) is 5.28. The molecule has 0 bridgehead atoms. The van der Waals surface area contributed by atoms with Gasteiger partial charge in [-0.25, -0.2) is 0 Å². The molecule has 0 saturated carbocycles. The number of benzene rings is 2. The van der Waals surface area contributed by atoms with Crippen molar-refractivity contribution in [2.24, 2.45) is 5.92 Å². The molecule has 10 heteroatoms. The van der Waals surface area contributed by atoms with E-state index in [9.17, 15) is 19.6 Å². The van der Waals surface area contributed by atoms with Gasteiger partial charge in [0.05, 0.1) is 35.2 Å². The second-order valence-corrected chi connectivity index (χ2v) is 9.95. The topological polar surface area (TPSA) is 108 Å². The Bertz CT molecular complexity index is 1190. The molecule has 0 radical (unpaired) electrons. The van der Waals surface area contributed by atoms with E-state index >= 15 is 0 Å². The van der Waals surface area contributed by atoms with Crippen LogP contribution in [0.5, 0.6) is 0 Å². The van der Waals surface area contributed by atoms with E-state index in [1.165, 1.54) is 7.11 Å². The molecule has 2 atom stereocenters. The van der Waals surface area contributed by atoms with Crippen molar-refractivity contribution in [2.75, 3.05) is 18.2 Å². The Morgan fingerprint density at radius 2 is 2.00 bits per heavy atom. The van der Waals surface area contributed by atoms with Crippen molar-refractivity contribution in [3.05, 3.63) is 73.1 Å². The zero-order valence-electron chi connectivity index (χ0n) is 17.6. The quantitative estimate of drug-likeness (QED) is 0.374. The Balaban J connectivity index is 1.89. The van der Waals surface area contributed by atoms with E-state index in [2.05, 4.69) is 48.6 Å². The van der Waals surface area contributed by atoms with Crippen LogP contribution in [0, 0.1) is 24.2 Å². The van der Waals surface area contributed by atoms with Crippen LogP contribution in [0.3, 0.4) is 0 Å². The summed E-state index contributed by atoms with van der Waals surface area (Å²) < 4.78 is 6.32. The number of methoxy groups -OCH3 is 1. The molecule has 2 amide bonds. The number of nitrogens with zero attached hydrogens (tertiary/aromatic N) is 1. The minimum Gasteiger partial charge on any atom is -0.468 e. The number of hydrogen-bond acceptors (Lipinski definition) is 6. The van der Waals surface area contributed by atoms with Crippen LogP contribution < -0.4 is 10.6 Å². The van der Waals surface area contributed by atoms with Gasteiger partial charge in [-0.2, -0.15) is 5.26 Å². The summed E-state index contributed by atoms with van der Waals surface area (Å²) in [6, 6.07) is 14.7. The third kappa shape index (κ3) is 5.85. The predicted octanol–water partition coefficient (Wildman–Crippen LogP) is 4.63. The van der Waals surface area contributed by atoms with Crippen molar-refractivity contribution in [1.29, 1.82) is 5.26 Å². The second-order valence-electron chi connectivity index (χ2n) is 7.20. The molecular formula is C23H19Br2N3O4S.